The SMILES string of the molecule is O=CC1=CN2C(=C(O)C1)C(=O)N1CCOC[C@H]1N2[C@@H]1c2ccccc2SCC2C(F)=CC(F)=CC21. The molecule has 0 bridgehead atoms. The summed E-state index contributed by atoms with van der Waals surface area (Å²) in [5.74, 6) is -2.52. The van der Waals surface area contributed by atoms with Gasteiger partial charge in [-0.25, -0.2) is 8.78 Å². The van der Waals surface area contributed by atoms with E-state index in [9.17, 15) is 19.1 Å². The molecule has 0 radical (unpaired) electrons. The Morgan fingerprint density at radius 1 is 1.23 bits per heavy atom. The third-order valence-electron chi connectivity index (χ3n) is 7.19. The second-order valence-electron chi connectivity index (χ2n) is 9.13. The summed E-state index contributed by atoms with van der Waals surface area (Å²) in [4.78, 5) is 27.7. The van der Waals surface area contributed by atoms with Gasteiger partial charge in [0.25, 0.3) is 5.91 Å². The van der Waals surface area contributed by atoms with Gasteiger partial charge in [-0.2, -0.15) is 5.01 Å². The number of aliphatic hydroxyl groups is 1. The van der Waals surface area contributed by atoms with E-state index in [2.05, 4.69) is 0 Å². The van der Waals surface area contributed by atoms with Crippen molar-refractivity contribution in [2.45, 2.75) is 23.5 Å². The molecule has 2 unspecified atom stereocenters. The number of benzene rings is 1. The lowest BCUT2D eigenvalue weighted by Gasteiger charge is -2.56. The molecule has 1 aliphatic carbocycles. The summed E-state index contributed by atoms with van der Waals surface area (Å²) in [6, 6.07) is 7.05. The average Bonchev–Trinajstić information content (AvgIpc) is 3.01. The molecule has 4 aliphatic heterocycles. The van der Waals surface area contributed by atoms with Crippen molar-refractivity contribution in [2.24, 2.45) is 11.8 Å². The molecule has 4 atom stereocenters. The zero-order valence-corrected chi connectivity index (χ0v) is 19.5. The van der Waals surface area contributed by atoms with Crippen molar-refractivity contribution >= 4 is 24.0 Å². The smallest absolute Gasteiger partial charge is 0.276 e. The summed E-state index contributed by atoms with van der Waals surface area (Å²) in [6.45, 7) is 0.827. The van der Waals surface area contributed by atoms with Crippen LogP contribution in [-0.2, 0) is 14.3 Å². The standard InChI is InChI=1S/C25H23F2N3O4S/c26-15-8-17-18(19(27)9-15)13-35-21-4-2-1-3-16(21)23(17)30-22-12-34-6-5-28(22)25(33)24-20(32)7-14(11-31)10-29(24)30/h1-4,8-11,17-18,22-23,32H,5-7,12-13H2/t17?,18?,22-,23-/m1/s1. The summed E-state index contributed by atoms with van der Waals surface area (Å²) < 4.78 is 35.6. The van der Waals surface area contributed by atoms with Crippen LogP contribution in [0.15, 0.2) is 76.2 Å². The number of aliphatic hydroxyl groups excluding tert-OH is 1. The second kappa shape index (κ2) is 8.61. The minimum Gasteiger partial charge on any atom is -0.510 e. The van der Waals surface area contributed by atoms with Gasteiger partial charge in [-0.15, -0.1) is 11.8 Å². The van der Waals surface area contributed by atoms with Crippen LogP contribution in [0.3, 0.4) is 0 Å². The Hall–Kier alpha value is -2.95. The molecule has 2 saturated heterocycles. The van der Waals surface area contributed by atoms with Gasteiger partial charge in [0.1, 0.15) is 29.9 Å². The molecule has 6 rings (SSSR count). The Morgan fingerprint density at radius 2 is 2.06 bits per heavy atom. The van der Waals surface area contributed by atoms with Gasteiger partial charge in [0.05, 0.1) is 19.3 Å². The van der Waals surface area contributed by atoms with Crippen LogP contribution >= 0.6 is 11.8 Å². The summed E-state index contributed by atoms with van der Waals surface area (Å²) in [5.41, 5.74) is 1.20. The lowest BCUT2D eigenvalue weighted by Crippen LogP contribution is -2.68. The van der Waals surface area contributed by atoms with E-state index in [1.807, 2.05) is 29.3 Å². The van der Waals surface area contributed by atoms with Crippen LogP contribution in [0.4, 0.5) is 8.78 Å². The van der Waals surface area contributed by atoms with Crippen LogP contribution in [0, 0.1) is 11.8 Å². The molecule has 7 nitrogen and oxygen atoms in total. The molecule has 10 heteroatoms. The fraction of sp³-hybridized carbons (Fsp3) is 0.360. The van der Waals surface area contributed by atoms with Crippen molar-refractivity contribution in [3.05, 3.63) is 76.9 Å². The van der Waals surface area contributed by atoms with E-state index in [1.54, 1.807) is 4.90 Å². The van der Waals surface area contributed by atoms with Crippen LogP contribution in [0.25, 0.3) is 0 Å². The number of halogens is 2. The number of hydrogen-bond donors (Lipinski definition) is 1. The monoisotopic (exact) mass is 499 g/mol. The van der Waals surface area contributed by atoms with Gasteiger partial charge in [0.15, 0.2) is 5.70 Å². The number of rotatable bonds is 2. The lowest BCUT2D eigenvalue weighted by molar-refractivity contribution is -0.198. The Morgan fingerprint density at radius 3 is 2.89 bits per heavy atom. The average molecular weight is 500 g/mol. The number of nitrogens with zero attached hydrogens (tertiary/aromatic N) is 3. The van der Waals surface area contributed by atoms with Crippen LogP contribution in [-0.4, -0.2) is 63.9 Å². The fourth-order valence-electron chi connectivity index (χ4n) is 5.63. The first-order chi connectivity index (χ1) is 17.0. The summed E-state index contributed by atoms with van der Waals surface area (Å²) in [7, 11) is 0. The number of allylic oxidation sites excluding steroid dienone is 4. The zero-order chi connectivity index (χ0) is 24.3. The quantitative estimate of drug-likeness (QED) is 0.622. The number of amides is 1. The molecule has 1 aromatic rings. The van der Waals surface area contributed by atoms with E-state index in [-0.39, 0.29) is 30.4 Å². The molecule has 0 aromatic heterocycles. The first-order valence-corrected chi connectivity index (χ1v) is 12.5. The third kappa shape index (κ3) is 3.54. The van der Waals surface area contributed by atoms with Gasteiger partial charge in [-0.1, -0.05) is 18.2 Å². The molecule has 0 saturated carbocycles. The van der Waals surface area contributed by atoms with Crippen molar-refractivity contribution in [1.29, 1.82) is 0 Å². The number of carbonyl (C=O) groups excluding carboxylic acids is 2. The molecule has 5 aliphatic rings. The molecule has 1 amide bonds. The topological polar surface area (TPSA) is 73.3 Å². The Labute approximate surface area is 205 Å². The number of hydrogen-bond acceptors (Lipinski definition) is 7. The number of thioether (sulfide) groups is 1. The highest BCUT2D eigenvalue weighted by Gasteiger charge is 2.52. The van der Waals surface area contributed by atoms with Crippen molar-refractivity contribution < 1.29 is 28.2 Å². The number of aldehydes is 1. The van der Waals surface area contributed by atoms with E-state index >= 15 is 4.39 Å². The van der Waals surface area contributed by atoms with E-state index in [0.29, 0.717) is 30.8 Å². The van der Waals surface area contributed by atoms with E-state index in [0.717, 1.165) is 16.5 Å². The van der Waals surface area contributed by atoms with Crippen LogP contribution in [0.1, 0.15) is 18.0 Å². The fourth-order valence-corrected chi connectivity index (χ4v) is 6.90. The molecule has 4 heterocycles. The van der Waals surface area contributed by atoms with Gasteiger partial charge < -0.3 is 14.7 Å². The summed E-state index contributed by atoms with van der Waals surface area (Å²) >= 11 is 1.51. The molecule has 182 valence electrons. The molecule has 1 aromatic carbocycles. The first kappa shape index (κ1) is 22.5. The Bertz CT molecular complexity index is 1230. The zero-order valence-electron chi connectivity index (χ0n) is 18.6. The van der Waals surface area contributed by atoms with Gasteiger partial charge in [0.2, 0.25) is 0 Å². The maximum Gasteiger partial charge on any atom is 0.276 e. The van der Waals surface area contributed by atoms with Gasteiger partial charge in [0, 0.05) is 53.3 Å². The predicted molar refractivity (Wildman–Crippen MR) is 124 cm³/mol. The second-order valence-corrected chi connectivity index (χ2v) is 10.2. The van der Waals surface area contributed by atoms with Crippen molar-refractivity contribution in [3.8, 4) is 0 Å². The maximum atomic E-state index is 15.2. The Balaban J connectivity index is 1.58. The predicted octanol–water partition coefficient (Wildman–Crippen LogP) is 3.76. The number of ether oxygens (including phenoxy) is 1. The highest BCUT2D eigenvalue weighted by molar-refractivity contribution is 7.99. The van der Waals surface area contributed by atoms with E-state index in [4.69, 9.17) is 4.74 Å². The van der Waals surface area contributed by atoms with Crippen molar-refractivity contribution in [1.82, 2.24) is 14.9 Å². The number of morpholine rings is 1. The van der Waals surface area contributed by atoms with E-state index in [1.165, 1.54) is 29.0 Å². The number of fused-ring (bicyclic) bond motifs is 4. The molecule has 1 N–H and O–H groups in total. The van der Waals surface area contributed by atoms with Crippen molar-refractivity contribution in [3.63, 3.8) is 0 Å². The molecule has 35 heavy (non-hydrogen) atoms. The van der Waals surface area contributed by atoms with Gasteiger partial charge in [-0.05, 0) is 17.7 Å². The van der Waals surface area contributed by atoms with Gasteiger partial charge >= 0.3 is 0 Å². The highest BCUT2D eigenvalue weighted by atomic mass is 32.2. The summed E-state index contributed by atoms with van der Waals surface area (Å²) in [5, 5.41) is 14.2. The lowest BCUT2D eigenvalue weighted by atomic mass is 9.79. The van der Waals surface area contributed by atoms with Crippen LogP contribution in [0.5, 0.6) is 0 Å². The summed E-state index contributed by atoms with van der Waals surface area (Å²) in [6.07, 6.45) is 3.91. The van der Waals surface area contributed by atoms with Crippen molar-refractivity contribution in [2.75, 3.05) is 25.5 Å². The minimum absolute atomic E-state index is 0.0518. The molecular formula is C25H23F2N3O4S. The van der Waals surface area contributed by atoms with Crippen LogP contribution in [0.2, 0.25) is 0 Å². The van der Waals surface area contributed by atoms with Gasteiger partial charge in [-0.3, -0.25) is 14.6 Å². The third-order valence-corrected chi connectivity index (χ3v) is 8.39. The Kier molecular flexibility index (Phi) is 5.54. The number of carbonyl (C=O) groups is 2. The number of hydrazine groups is 1. The van der Waals surface area contributed by atoms with E-state index < -0.39 is 35.7 Å². The maximum absolute atomic E-state index is 15.2. The highest BCUT2D eigenvalue weighted by Crippen LogP contribution is 2.51. The molecular weight excluding hydrogens is 476 g/mol. The van der Waals surface area contributed by atoms with Crippen LogP contribution < -0.4 is 0 Å². The first-order valence-electron chi connectivity index (χ1n) is 11.5. The molecule has 2 fully saturated rings. The molecule has 0 spiro atoms. The largest absolute Gasteiger partial charge is 0.510 e. The minimum atomic E-state index is -0.649. The normalized spacial score (nSPS) is 30.8.